The van der Waals surface area contributed by atoms with Crippen molar-refractivity contribution in [3.63, 3.8) is 0 Å². The molecule has 25 heavy (non-hydrogen) atoms. The van der Waals surface area contributed by atoms with Crippen LogP contribution in [-0.2, 0) is 9.53 Å². The van der Waals surface area contributed by atoms with E-state index in [1.807, 2.05) is 0 Å². The summed E-state index contributed by atoms with van der Waals surface area (Å²) in [7, 11) is 0. The maximum Gasteiger partial charge on any atom is 0.315 e. The first-order valence-electron chi connectivity index (χ1n) is 8.00. The van der Waals surface area contributed by atoms with Gasteiger partial charge in [0.2, 0.25) is 5.91 Å². The van der Waals surface area contributed by atoms with Gasteiger partial charge in [-0.1, -0.05) is 0 Å². The second-order valence-electron chi connectivity index (χ2n) is 5.78. The summed E-state index contributed by atoms with van der Waals surface area (Å²) in [6.07, 6.45) is 0.685. The van der Waals surface area contributed by atoms with Gasteiger partial charge in [-0.15, -0.1) is 0 Å². The molecule has 11 heteroatoms. The van der Waals surface area contributed by atoms with Crippen molar-refractivity contribution in [3.05, 3.63) is 0 Å². The molecule has 0 bridgehead atoms. The normalized spacial score (nSPS) is 12.9. The number of unbranched alkanes of at least 4 members (excludes halogenated alkanes) is 1. The van der Waals surface area contributed by atoms with Gasteiger partial charge in [0.1, 0.15) is 11.6 Å². The number of hydrogen-bond acceptors (Lipinski definition) is 8. The first kappa shape index (κ1) is 23.5. The molecular weight excluding hydrogens is 336 g/mol. The Hall–Kier alpha value is -1.50. The van der Waals surface area contributed by atoms with Crippen LogP contribution in [0.5, 0.6) is 0 Å². The van der Waals surface area contributed by atoms with E-state index in [4.69, 9.17) is 26.4 Å². The molecule has 0 aliphatic carbocycles. The van der Waals surface area contributed by atoms with Crippen molar-refractivity contribution >= 4 is 11.9 Å². The highest BCUT2D eigenvalue weighted by atomic mass is 16.5. The van der Waals surface area contributed by atoms with Crippen LogP contribution >= 0.6 is 0 Å². The van der Waals surface area contributed by atoms with Crippen molar-refractivity contribution < 1.29 is 34.8 Å². The molecule has 0 aromatic carbocycles. The predicted octanol–water partition coefficient (Wildman–Crippen LogP) is -3.64. The van der Waals surface area contributed by atoms with E-state index in [9.17, 15) is 19.8 Å². The van der Waals surface area contributed by atoms with Crippen LogP contribution < -0.4 is 22.1 Å². The van der Waals surface area contributed by atoms with E-state index in [2.05, 4.69) is 10.6 Å². The van der Waals surface area contributed by atoms with Crippen molar-refractivity contribution in [2.75, 3.05) is 39.6 Å². The van der Waals surface area contributed by atoms with Crippen LogP contribution in [0.1, 0.15) is 19.3 Å². The van der Waals surface area contributed by atoms with E-state index in [1.165, 1.54) is 0 Å². The number of nitrogens with one attached hydrogen (secondary N) is 2. The van der Waals surface area contributed by atoms with Gasteiger partial charge < -0.3 is 47.3 Å². The Labute approximate surface area is 146 Å². The third kappa shape index (κ3) is 9.53. The second kappa shape index (κ2) is 12.8. The number of aliphatic hydroxyl groups excluding tert-OH is 4. The highest BCUT2D eigenvalue weighted by Crippen LogP contribution is 2.06. The summed E-state index contributed by atoms with van der Waals surface area (Å²) < 4.78 is 5.16. The number of ether oxygens (including phenoxy) is 1. The summed E-state index contributed by atoms with van der Waals surface area (Å²) in [6.45, 7) is -2.10. The fourth-order valence-electron chi connectivity index (χ4n) is 1.82. The third-order valence-corrected chi connectivity index (χ3v) is 3.58. The Kier molecular flexibility index (Phi) is 12.0. The smallest absolute Gasteiger partial charge is 0.315 e. The zero-order valence-electron chi connectivity index (χ0n) is 14.2. The molecule has 0 saturated carbocycles. The van der Waals surface area contributed by atoms with Crippen LogP contribution in [0, 0.1) is 0 Å². The van der Waals surface area contributed by atoms with Gasteiger partial charge >= 0.3 is 6.03 Å². The standard InChI is InChI=1S/C14H30N4O7/c15-11(12(16)23)3-1-2-4-17-13(24)18-14(7-21,8-22)9-25-10(5-19)6-20/h10-11,19-22H,1-9,15H2,(H2,16,23)(H2,17,18,24)/t11-/m1/s1. The maximum absolute atomic E-state index is 11.9. The van der Waals surface area contributed by atoms with Crippen molar-refractivity contribution in [2.45, 2.75) is 36.9 Å². The van der Waals surface area contributed by atoms with Gasteiger partial charge in [0.05, 0.1) is 39.1 Å². The minimum absolute atomic E-state index is 0.293. The molecule has 0 radical (unpaired) electrons. The molecule has 10 N–H and O–H groups in total. The van der Waals surface area contributed by atoms with Gasteiger partial charge in [0.15, 0.2) is 0 Å². The molecule has 3 amide bonds. The molecule has 0 spiro atoms. The van der Waals surface area contributed by atoms with Gasteiger partial charge in [0, 0.05) is 6.54 Å². The van der Waals surface area contributed by atoms with Gasteiger partial charge in [0.25, 0.3) is 0 Å². The fourth-order valence-corrected chi connectivity index (χ4v) is 1.82. The topological polar surface area (TPSA) is 200 Å². The highest BCUT2D eigenvalue weighted by molar-refractivity contribution is 5.79. The largest absolute Gasteiger partial charge is 0.394 e. The summed E-state index contributed by atoms with van der Waals surface area (Å²) >= 11 is 0. The lowest BCUT2D eigenvalue weighted by Gasteiger charge is -2.32. The number of primary amides is 1. The highest BCUT2D eigenvalue weighted by Gasteiger charge is 2.32. The van der Waals surface area contributed by atoms with Gasteiger partial charge in [-0.2, -0.15) is 0 Å². The number of aliphatic hydroxyl groups is 4. The van der Waals surface area contributed by atoms with Crippen LogP contribution in [0.2, 0.25) is 0 Å². The number of nitrogens with two attached hydrogens (primary N) is 2. The lowest BCUT2D eigenvalue weighted by Crippen LogP contribution is -2.60. The molecule has 0 unspecified atom stereocenters. The number of rotatable bonds is 14. The van der Waals surface area contributed by atoms with E-state index in [-0.39, 0.29) is 6.61 Å². The van der Waals surface area contributed by atoms with Crippen molar-refractivity contribution in [1.29, 1.82) is 0 Å². The van der Waals surface area contributed by atoms with E-state index in [1.54, 1.807) is 0 Å². The number of carbonyl (C=O) groups is 2. The van der Waals surface area contributed by atoms with Crippen LogP contribution in [0.25, 0.3) is 0 Å². The number of hydrogen-bond donors (Lipinski definition) is 8. The number of carbonyl (C=O) groups excluding carboxylic acids is 2. The molecule has 0 heterocycles. The summed E-state index contributed by atoms with van der Waals surface area (Å²) in [6, 6.07) is -1.34. The Morgan fingerprint density at radius 1 is 1.08 bits per heavy atom. The van der Waals surface area contributed by atoms with Crippen LogP contribution in [-0.4, -0.2) is 89.6 Å². The molecular formula is C14H30N4O7. The first-order valence-corrected chi connectivity index (χ1v) is 8.00. The molecule has 148 valence electrons. The Morgan fingerprint density at radius 2 is 1.68 bits per heavy atom. The molecule has 0 aliphatic rings. The van der Waals surface area contributed by atoms with Gasteiger partial charge in [-0.3, -0.25) is 4.79 Å². The van der Waals surface area contributed by atoms with E-state index >= 15 is 0 Å². The maximum atomic E-state index is 11.9. The summed E-state index contributed by atoms with van der Waals surface area (Å²) in [4.78, 5) is 22.6. The van der Waals surface area contributed by atoms with Crippen LogP contribution in [0.4, 0.5) is 4.79 Å². The summed E-state index contributed by atoms with van der Waals surface area (Å²) in [5, 5.41) is 41.7. The van der Waals surface area contributed by atoms with Crippen molar-refractivity contribution in [2.24, 2.45) is 11.5 Å². The first-order chi connectivity index (χ1) is 11.8. The van der Waals surface area contributed by atoms with Gasteiger partial charge in [-0.05, 0) is 19.3 Å². The zero-order chi connectivity index (χ0) is 19.3. The Morgan fingerprint density at radius 3 is 2.16 bits per heavy atom. The summed E-state index contributed by atoms with van der Waals surface area (Å²) in [5.41, 5.74) is 9.06. The molecule has 0 fully saturated rings. The average molecular weight is 366 g/mol. The zero-order valence-corrected chi connectivity index (χ0v) is 14.2. The molecule has 11 nitrogen and oxygen atoms in total. The number of amides is 3. The molecule has 1 atom stereocenters. The minimum atomic E-state index is -1.46. The monoisotopic (exact) mass is 366 g/mol. The molecule has 0 saturated heterocycles. The minimum Gasteiger partial charge on any atom is -0.394 e. The second-order valence-corrected chi connectivity index (χ2v) is 5.78. The quantitative estimate of drug-likeness (QED) is 0.144. The molecule has 0 aromatic heterocycles. The van der Waals surface area contributed by atoms with E-state index in [0.717, 1.165) is 0 Å². The lowest BCUT2D eigenvalue weighted by atomic mass is 10.0. The molecule has 0 aromatic rings. The number of urea groups is 1. The third-order valence-electron chi connectivity index (χ3n) is 3.58. The lowest BCUT2D eigenvalue weighted by molar-refractivity contribution is -0.119. The summed E-state index contributed by atoms with van der Waals surface area (Å²) in [5.74, 6) is -0.578. The van der Waals surface area contributed by atoms with Crippen LogP contribution in [0.15, 0.2) is 0 Å². The van der Waals surface area contributed by atoms with E-state index < -0.39 is 56.1 Å². The average Bonchev–Trinajstić information content (AvgIpc) is 2.60. The van der Waals surface area contributed by atoms with Crippen molar-refractivity contribution in [1.82, 2.24) is 10.6 Å². The fraction of sp³-hybridized carbons (Fsp3) is 0.857. The van der Waals surface area contributed by atoms with Crippen LogP contribution in [0.3, 0.4) is 0 Å². The van der Waals surface area contributed by atoms with E-state index in [0.29, 0.717) is 25.8 Å². The molecule has 0 rings (SSSR count). The Balaban J connectivity index is 4.24. The van der Waals surface area contributed by atoms with Crippen molar-refractivity contribution in [3.8, 4) is 0 Å². The molecule has 0 aliphatic heterocycles. The Bertz CT molecular complexity index is 389. The SMILES string of the molecule is NC(=O)[C@H](N)CCCCNC(=O)NC(CO)(CO)COC(CO)CO. The predicted molar refractivity (Wildman–Crippen MR) is 88.4 cm³/mol. The van der Waals surface area contributed by atoms with Gasteiger partial charge in [-0.25, -0.2) is 4.79 Å².